The molecule has 0 atom stereocenters. The lowest BCUT2D eigenvalue weighted by atomic mass is 10.1. The van der Waals surface area contributed by atoms with Crippen molar-refractivity contribution in [2.75, 3.05) is 10.6 Å². The molecule has 28 heavy (non-hydrogen) atoms. The lowest BCUT2D eigenvalue weighted by Gasteiger charge is -2.12. The normalized spacial score (nSPS) is 10.4. The van der Waals surface area contributed by atoms with Crippen molar-refractivity contribution in [3.05, 3.63) is 76.0 Å². The third kappa shape index (κ3) is 5.20. The van der Waals surface area contributed by atoms with Gasteiger partial charge >= 0.3 is 0 Å². The van der Waals surface area contributed by atoms with Gasteiger partial charge in [0.05, 0.1) is 0 Å². The standard InChI is InChI=1S/C22H22N2O3S/c1-3-21(25)23-17-10-9-15(2)20(13-17)24-22(26)16-6-4-7-18(12-16)27-14-19-8-5-11-28-19/h4-13H,3,14H2,1-2H3,(H,23,25)(H,24,26). The summed E-state index contributed by atoms with van der Waals surface area (Å²) >= 11 is 1.63. The van der Waals surface area contributed by atoms with Gasteiger partial charge in [-0.1, -0.05) is 25.1 Å². The van der Waals surface area contributed by atoms with Gasteiger partial charge in [0.2, 0.25) is 5.91 Å². The number of anilines is 2. The largest absolute Gasteiger partial charge is 0.488 e. The van der Waals surface area contributed by atoms with E-state index in [-0.39, 0.29) is 11.8 Å². The second-order valence-electron chi connectivity index (χ2n) is 6.28. The number of ether oxygens (including phenoxy) is 1. The van der Waals surface area contributed by atoms with E-state index in [1.54, 1.807) is 42.5 Å². The monoisotopic (exact) mass is 394 g/mol. The lowest BCUT2D eigenvalue weighted by molar-refractivity contribution is -0.115. The molecule has 0 saturated carbocycles. The maximum Gasteiger partial charge on any atom is 0.255 e. The minimum atomic E-state index is -0.233. The number of hydrogen-bond acceptors (Lipinski definition) is 4. The summed E-state index contributed by atoms with van der Waals surface area (Å²) in [4.78, 5) is 25.4. The minimum Gasteiger partial charge on any atom is -0.488 e. The molecule has 0 radical (unpaired) electrons. The molecular weight excluding hydrogens is 372 g/mol. The van der Waals surface area contributed by atoms with Crippen LogP contribution in [0.4, 0.5) is 11.4 Å². The molecule has 0 fully saturated rings. The number of hydrogen-bond donors (Lipinski definition) is 2. The van der Waals surface area contributed by atoms with E-state index in [4.69, 9.17) is 4.74 Å². The summed E-state index contributed by atoms with van der Waals surface area (Å²) in [7, 11) is 0. The van der Waals surface area contributed by atoms with Crippen molar-refractivity contribution >= 4 is 34.5 Å². The van der Waals surface area contributed by atoms with Gasteiger partial charge in [-0.25, -0.2) is 0 Å². The highest BCUT2D eigenvalue weighted by atomic mass is 32.1. The molecule has 0 aliphatic heterocycles. The van der Waals surface area contributed by atoms with Crippen LogP contribution in [0.25, 0.3) is 0 Å². The van der Waals surface area contributed by atoms with E-state index in [9.17, 15) is 9.59 Å². The van der Waals surface area contributed by atoms with Gasteiger partial charge in [-0.3, -0.25) is 9.59 Å². The van der Waals surface area contributed by atoms with E-state index < -0.39 is 0 Å². The zero-order valence-corrected chi connectivity index (χ0v) is 16.6. The predicted octanol–water partition coefficient (Wildman–Crippen LogP) is 5.24. The summed E-state index contributed by atoms with van der Waals surface area (Å²) in [5.74, 6) is 0.335. The van der Waals surface area contributed by atoms with Crippen LogP contribution in [-0.4, -0.2) is 11.8 Å². The summed E-state index contributed by atoms with van der Waals surface area (Å²) in [6.45, 7) is 4.17. The van der Waals surface area contributed by atoms with Gasteiger partial charge in [-0.05, 0) is 54.3 Å². The van der Waals surface area contributed by atoms with Crippen LogP contribution < -0.4 is 15.4 Å². The van der Waals surface area contributed by atoms with E-state index in [1.165, 1.54) is 0 Å². The fourth-order valence-electron chi connectivity index (χ4n) is 2.55. The van der Waals surface area contributed by atoms with Crippen molar-refractivity contribution in [2.24, 2.45) is 0 Å². The fraction of sp³-hybridized carbons (Fsp3) is 0.182. The molecule has 0 aliphatic rings. The number of carbonyl (C=O) groups is 2. The Morgan fingerprint density at radius 1 is 1.04 bits per heavy atom. The van der Waals surface area contributed by atoms with Crippen LogP contribution in [-0.2, 0) is 11.4 Å². The highest BCUT2D eigenvalue weighted by Gasteiger charge is 2.10. The van der Waals surface area contributed by atoms with Crippen LogP contribution in [0.3, 0.4) is 0 Å². The molecule has 3 rings (SSSR count). The molecule has 3 aromatic rings. The molecule has 0 spiro atoms. The van der Waals surface area contributed by atoms with Crippen molar-refractivity contribution in [2.45, 2.75) is 26.9 Å². The summed E-state index contributed by atoms with van der Waals surface area (Å²) in [6, 6.07) is 16.5. The van der Waals surface area contributed by atoms with Crippen molar-refractivity contribution in [1.82, 2.24) is 0 Å². The number of amides is 2. The topological polar surface area (TPSA) is 67.4 Å². The molecule has 0 unspecified atom stereocenters. The number of thiophene rings is 1. The van der Waals surface area contributed by atoms with Crippen LogP contribution >= 0.6 is 11.3 Å². The molecule has 5 nitrogen and oxygen atoms in total. The van der Waals surface area contributed by atoms with Gasteiger partial charge in [0.1, 0.15) is 12.4 Å². The molecule has 144 valence electrons. The van der Waals surface area contributed by atoms with Crippen molar-refractivity contribution < 1.29 is 14.3 Å². The zero-order chi connectivity index (χ0) is 19.9. The summed E-state index contributed by atoms with van der Waals surface area (Å²) < 4.78 is 5.77. The van der Waals surface area contributed by atoms with Crippen molar-refractivity contribution in [3.8, 4) is 5.75 Å². The quantitative estimate of drug-likeness (QED) is 0.576. The maximum atomic E-state index is 12.7. The SMILES string of the molecule is CCC(=O)Nc1ccc(C)c(NC(=O)c2cccc(OCc3cccs3)c2)c1. The Hall–Kier alpha value is -3.12. The van der Waals surface area contributed by atoms with E-state index in [1.807, 2.05) is 42.6 Å². The third-order valence-corrected chi connectivity index (χ3v) is 5.00. The Morgan fingerprint density at radius 2 is 1.89 bits per heavy atom. The second-order valence-corrected chi connectivity index (χ2v) is 7.31. The van der Waals surface area contributed by atoms with Gasteiger partial charge in [0.15, 0.2) is 0 Å². The van der Waals surface area contributed by atoms with E-state index >= 15 is 0 Å². The second kappa shape index (κ2) is 9.19. The van der Waals surface area contributed by atoms with Crippen LogP contribution in [0.15, 0.2) is 60.0 Å². The number of aryl methyl sites for hydroxylation is 1. The van der Waals surface area contributed by atoms with Gasteiger partial charge in [0.25, 0.3) is 5.91 Å². The average Bonchev–Trinajstić information content (AvgIpc) is 3.22. The first-order valence-corrected chi connectivity index (χ1v) is 9.90. The molecule has 2 amide bonds. The average molecular weight is 394 g/mol. The Bertz CT molecular complexity index is 968. The first-order valence-electron chi connectivity index (χ1n) is 9.02. The molecule has 1 heterocycles. The highest BCUT2D eigenvalue weighted by molar-refractivity contribution is 7.09. The van der Waals surface area contributed by atoms with Gasteiger partial charge < -0.3 is 15.4 Å². The van der Waals surface area contributed by atoms with Crippen LogP contribution in [0.2, 0.25) is 0 Å². The molecule has 1 aromatic heterocycles. The Labute approximate surface area is 168 Å². The number of carbonyl (C=O) groups excluding carboxylic acids is 2. The van der Waals surface area contributed by atoms with Gasteiger partial charge in [-0.2, -0.15) is 0 Å². The Morgan fingerprint density at radius 3 is 2.64 bits per heavy atom. The van der Waals surface area contributed by atoms with E-state index in [0.29, 0.717) is 35.7 Å². The summed E-state index contributed by atoms with van der Waals surface area (Å²) in [5.41, 5.74) is 2.73. The lowest BCUT2D eigenvalue weighted by Crippen LogP contribution is -2.14. The molecule has 0 saturated heterocycles. The van der Waals surface area contributed by atoms with Gasteiger partial charge in [0, 0.05) is 28.2 Å². The predicted molar refractivity (Wildman–Crippen MR) is 113 cm³/mol. The van der Waals surface area contributed by atoms with E-state index in [0.717, 1.165) is 10.4 Å². The van der Waals surface area contributed by atoms with Crippen molar-refractivity contribution in [3.63, 3.8) is 0 Å². The van der Waals surface area contributed by atoms with Gasteiger partial charge in [-0.15, -0.1) is 11.3 Å². The molecule has 0 bridgehead atoms. The zero-order valence-electron chi connectivity index (χ0n) is 15.8. The first kappa shape index (κ1) is 19.6. The number of nitrogens with one attached hydrogen (secondary N) is 2. The van der Waals surface area contributed by atoms with E-state index in [2.05, 4.69) is 10.6 Å². The van der Waals surface area contributed by atoms with Crippen LogP contribution in [0.1, 0.15) is 34.1 Å². The minimum absolute atomic E-state index is 0.0725. The number of rotatable bonds is 7. The highest BCUT2D eigenvalue weighted by Crippen LogP contribution is 2.22. The third-order valence-electron chi connectivity index (χ3n) is 4.15. The van der Waals surface area contributed by atoms with Crippen molar-refractivity contribution in [1.29, 1.82) is 0 Å². The van der Waals surface area contributed by atoms with Crippen LogP contribution in [0, 0.1) is 6.92 Å². The summed E-state index contributed by atoms with van der Waals surface area (Å²) in [6.07, 6.45) is 0.397. The smallest absolute Gasteiger partial charge is 0.255 e. The molecule has 0 aliphatic carbocycles. The maximum absolute atomic E-state index is 12.7. The summed E-state index contributed by atoms with van der Waals surface area (Å²) in [5, 5.41) is 7.72. The fourth-order valence-corrected chi connectivity index (χ4v) is 3.17. The van der Waals surface area contributed by atoms with Crippen LogP contribution in [0.5, 0.6) is 5.75 Å². The number of benzene rings is 2. The first-order chi connectivity index (χ1) is 13.5. The molecule has 2 N–H and O–H groups in total. The Kier molecular flexibility index (Phi) is 6.45. The molecule has 2 aromatic carbocycles. The molecule has 6 heteroatoms. The molecular formula is C22H22N2O3S. The Balaban J connectivity index is 1.69.